The van der Waals surface area contributed by atoms with Gasteiger partial charge in [-0.15, -0.1) is 10.2 Å². The van der Waals surface area contributed by atoms with Crippen molar-refractivity contribution in [2.45, 2.75) is 24.4 Å². The van der Waals surface area contributed by atoms with Crippen LogP contribution in [0, 0.1) is 0 Å². The summed E-state index contributed by atoms with van der Waals surface area (Å²) in [6.07, 6.45) is 0. The van der Waals surface area contributed by atoms with Gasteiger partial charge in [0.2, 0.25) is 10.0 Å². The van der Waals surface area contributed by atoms with Crippen molar-refractivity contribution in [2.24, 2.45) is 5.73 Å². The van der Waals surface area contributed by atoms with Gasteiger partial charge in [-0.25, -0.2) is 13.1 Å². The average molecular weight is 317 g/mol. The van der Waals surface area contributed by atoms with Gasteiger partial charge in [0.15, 0.2) is 5.82 Å². The molecular formula is C10H13ClN6O2S. The molecule has 8 nitrogen and oxygen atoms in total. The minimum atomic E-state index is -3.79. The molecule has 0 aliphatic carbocycles. The second kappa shape index (κ2) is 5.83. The molecule has 0 amide bonds. The number of nitrogens with two attached hydrogens (primary N) is 1. The van der Waals surface area contributed by atoms with Crippen molar-refractivity contribution in [3.63, 3.8) is 0 Å². The quantitative estimate of drug-likeness (QED) is 0.730. The summed E-state index contributed by atoms with van der Waals surface area (Å²) in [7, 11) is -3.79. The van der Waals surface area contributed by atoms with Crippen LogP contribution in [0.2, 0.25) is 5.02 Å². The molecule has 0 fully saturated rings. The highest BCUT2D eigenvalue weighted by molar-refractivity contribution is 7.89. The number of sulfonamides is 1. The number of benzene rings is 1. The van der Waals surface area contributed by atoms with E-state index in [4.69, 9.17) is 17.3 Å². The van der Waals surface area contributed by atoms with Crippen LogP contribution >= 0.6 is 11.6 Å². The Labute approximate surface area is 120 Å². The molecule has 1 aromatic carbocycles. The summed E-state index contributed by atoms with van der Waals surface area (Å²) >= 11 is 5.98. The normalized spacial score (nSPS) is 13.3. The third-order valence-corrected chi connectivity index (χ3v) is 4.63. The predicted molar refractivity (Wildman–Crippen MR) is 72.3 cm³/mol. The lowest BCUT2D eigenvalue weighted by Crippen LogP contribution is -2.28. The van der Waals surface area contributed by atoms with Crippen molar-refractivity contribution in [1.82, 2.24) is 25.3 Å². The lowest BCUT2D eigenvalue weighted by molar-refractivity contribution is 0.560. The first-order valence-corrected chi connectivity index (χ1v) is 7.54. The highest BCUT2D eigenvalue weighted by atomic mass is 35.5. The molecule has 1 heterocycles. The molecule has 1 atom stereocenters. The summed E-state index contributed by atoms with van der Waals surface area (Å²) < 4.78 is 26.9. The lowest BCUT2D eigenvalue weighted by atomic mass is 10.2. The van der Waals surface area contributed by atoms with Gasteiger partial charge in [0.1, 0.15) is 4.90 Å². The highest BCUT2D eigenvalue weighted by Gasteiger charge is 2.23. The van der Waals surface area contributed by atoms with Gasteiger partial charge in [0, 0.05) is 6.54 Å². The largest absolute Gasteiger partial charge is 0.326 e. The number of nitrogens with one attached hydrogen (secondary N) is 2. The van der Waals surface area contributed by atoms with Crippen molar-refractivity contribution >= 4 is 21.6 Å². The van der Waals surface area contributed by atoms with Crippen molar-refractivity contribution in [3.05, 3.63) is 34.6 Å². The van der Waals surface area contributed by atoms with E-state index in [1.807, 2.05) is 0 Å². The molecule has 0 spiro atoms. The molecule has 2 aromatic rings. The second-order valence-corrected chi connectivity index (χ2v) is 6.17. The van der Waals surface area contributed by atoms with Crippen LogP contribution in [0.25, 0.3) is 0 Å². The van der Waals surface area contributed by atoms with Gasteiger partial charge in [-0.2, -0.15) is 5.21 Å². The van der Waals surface area contributed by atoms with Gasteiger partial charge in [-0.1, -0.05) is 22.9 Å². The van der Waals surface area contributed by atoms with Gasteiger partial charge in [0.05, 0.1) is 11.1 Å². The van der Waals surface area contributed by atoms with Gasteiger partial charge >= 0.3 is 0 Å². The first-order chi connectivity index (χ1) is 9.44. The summed E-state index contributed by atoms with van der Waals surface area (Å²) in [4.78, 5) is -0.0216. The van der Waals surface area contributed by atoms with Crippen molar-refractivity contribution < 1.29 is 8.42 Å². The Morgan fingerprint density at radius 3 is 2.80 bits per heavy atom. The molecular weight excluding hydrogens is 304 g/mol. The minimum Gasteiger partial charge on any atom is -0.326 e. The number of halogens is 1. The number of tetrazole rings is 1. The molecule has 1 unspecified atom stereocenters. The Kier molecular flexibility index (Phi) is 4.33. The van der Waals surface area contributed by atoms with Crippen molar-refractivity contribution in [1.29, 1.82) is 0 Å². The smallest absolute Gasteiger partial charge is 0.242 e. The lowest BCUT2D eigenvalue weighted by Gasteiger charge is -2.12. The molecule has 1 aromatic heterocycles. The van der Waals surface area contributed by atoms with E-state index < -0.39 is 16.1 Å². The maximum Gasteiger partial charge on any atom is 0.242 e. The predicted octanol–water partition coefficient (Wildman–Crippen LogP) is 0.351. The molecule has 108 valence electrons. The van der Waals surface area contributed by atoms with Crippen LogP contribution in [0.4, 0.5) is 0 Å². The molecule has 0 radical (unpaired) electrons. The van der Waals surface area contributed by atoms with Gasteiger partial charge in [-0.3, -0.25) is 0 Å². The standard InChI is InChI=1S/C10H13ClN6O2S/c1-6(10-13-16-17-14-10)15-20(18,19)9-3-2-7(5-12)4-8(9)11/h2-4,6,15H,5,12H2,1H3,(H,13,14,16,17). The van der Waals surface area contributed by atoms with Crippen LogP contribution in [0.1, 0.15) is 24.4 Å². The van der Waals surface area contributed by atoms with Crippen LogP contribution in [0.3, 0.4) is 0 Å². The van der Waals surface area contributed by atoms with E-state index in [9.17, 15) is 8.42 Å². The Hall–Kier alpha value is -1.55. The molecule has 0 saturated heterocycles. The van der Waals surface area contributed by atoms with E-state index in [1.165, 1.54) is 12.1 Å². The van der Waals surface area contributed by atoms with Gasteiger partial charge < -0.3 is 5.73 Å². The fourth-order valence-corrected chi connectivity index (χ4v) is 3.36. The van der Waals surface area contributed by atoms with Crippen LogP contribution in [0.15, 0.2) is 23.1 Å². The van der Waals surface area contributed by atoms with Crippen LogP contribution < -0.4 is 10.5 Å². The fourth-order valence-electron chi connectivity index (χ4n) is 1.59. The number of aromatic amines is 1. The molecule has 4 N–H and O–H groups in total. The second-order valence-electron chi connectivity index (χ2n) is 4.08. The molecule has 0 saturated carbocycles. The topological polar surface area (TPSA) is 127 Å². The third kappa shape index (κ3) is 3.12. The molecule has 2 rings (SSSR count). The van der Waals surface area contributed by atoms with Crippen molar-refractivity contribution in [3.8, 4) is 0 Å². The monoisotopic (exact) mass is 316 g/mol. The highest BCUT2D eigenvalue weighted by Crippen LogP contribution is 2.23. The van der Waals surface area contributed by atoms with E-state index >= 15 is 0 Å². The van der Waals surface area contributed by atoms with Gasteiger partial charge in [-0.05, 0) is 24.6 Å². The fraction of sp³-hybridized carbons (Fsp3) is 0.300. The number of aromatic nitrogens is 4. The Morgan fingerprint density at radius 1 is 1.50 bits per heavy atom. The van der Waals surface area contributed by atoms with Crippen LogP contribution in [-0.4, -0.2) is 29.0 Å². The number of hydrogen-bond donors (Lipinski definition) is 3. The van der Waals surface area contributed by atoms with E-state index in [1.54, 1.807) is 13.0 Å². The summed E-state index contributed by atoms with van der Waals surface area (Å²) in [5.41, 5.74) is 6.22. The van der Waals surface area contributed by atoms with Crippen LogP contribution in [-0.2, 0) is 16.6 Å². The summed E-state index contributed by atoms with van der Waals surface area (Å²) in [5.74, 6) is 0.239. The number of nitrogens with zero attached hydrogens (tertiary/aromatic N) is 3. The first-order valence-electron chi connectivity index (χ1n) is 5.68. The maximum atomic E-state index is 12.2. The van der Waals surface area contributed by atoms with E-state index in [-0.39, 0.29) is 22.3 Å². The van der Waals surface area contributed by atoms with Crippen LogP contribution in [0.5, 0.6) is 0 Å². The Balaban J connectivity index is 2.27. The molecule has 0 bridgehead atoms. The minimum absolute atomic E-state index is 0.0216. The third-order valence-electron chi connectivity index (χ3n) is 2.60. The Morgan fingerprint density at radius 2 is 2.25 bits per heavy atom. The first kappa shape index (κ1) is 14.9. The molecule has 0 aliphatic heterocycles. The summed E-state index contributed by atoms with van der Waals surface area (Å²) in [6.45, 7) is 1.89. The summed E-state index contributed by atoms with van der Waals surface area (Å²) in [5, 5.41) is 13.2. The van der Waals surface area contributed by atoms with E-state index in [0.717, 1.165) is 5.56 Å². The SMILES string of the molecule is CC(NS(=O)(=O)c1ccc(CN)cc1Cl)c1nn[nH]n1. The number of H-pyrrole nitrogens is 1. The average Bonchev–Trinajstić information content (AvgIpc) is 2.91. The van der Waals surface area contributed by atoms with E-state index in [0.29, 0.717) is 0 Å². The zero-order chi connectivity index (χ0) is 14.8. The van der Waals surface area contributed by atoms with Gasteiger partial charge in [0.25, 0.3) is 0 Å². The van der Waals surface area contributed by atoms with Crippen molar-refractivity contribution in [2.75, 3.05) is 0 Å². The number of hydrogen-bond acceptors (Lipinski definition) is 6. The molecule has 0 aliphatic rings. The molecule has 20 heavy (non-hydrogen) atoms. The zero-order valence-corrected chi connectivity index (χ0v) is 12.1. The maximum absolute atomic E-state index is 12.2. The Bertz CT molecular complexity index is 688. The zero-order valence-electron chi connectivity index (χ0n) is 10.5. The molecule has 10 heteroatoms. The summed E-state index contributed by atoms with van der Waals surface area (Å²) in [6, 6.07) is 3.91. The van der Waals surface area contributed by atoms with E-state index in [2.05, 4.69) is 25.3 Å². The number of rotatable bonds is 5.